The molecular weight excluding hydrogens is 284 g/mol. The number of hydrogen-bond donors (Lipinski definition) is 2. The van der Waals surface area contributed by atoms with Gasteiger partial charge in [-0.1, -0.05) is 13.8 Å². The maximum Gasteiger partial charge on any atom is 0.305 e. The molecule has 0 aromatic heterocycles. The zero-order valence-electron chi connectivity index (χ0n) is 11.8. The highest BCUT2D eigenvalue weighted by Gasteiger charge is 2.18. The van der Waals surface area contributed by atoms with E-state index in [4.69, 9.17) is 0 Å². The maximum absolute atomic E-state index is 13.5. The predicted octanol–water partition coefficient (Wildman–Crippen LogP) is 1.73. The first-order chi connectivity index (χ1) is 9.81. The van der Waals surface area contributed by atoms with Crippen LogP contribution in [0.15, 0.2) is 12.1 Å². The molecule has 0 aliphatic carbocycles. The Morgan fingerprint density at radius 3 is 2.57 bits per heavy atom. The van der Waals surface area contributed by atoms with E-state index in [0.29, 0.717) is 18.5 Å². The largest absolute Gasteiger partial charge is 0.355 e. The molecule has 0 fully saturated rings. The highest BCUT2D eigenvalue weighted by Crippen LogP contribution is 2.21. The summed E-state index contributed by atoms with van der Waals surface area (Å²) in [7, 11) is 0. The molecule has 0 unspecified atom stereocenters. The van der Waals surface area contributed by atoms with E-state index in [1.807, 2.05) is 13.8 Å². The minimum Gasteiger partial charge on any atom is -0.355 e. The van der Waals surface area contributed by atoms with Gasteiger partial charge in [-0.3, -0.25) is 14.9 Å². The summed E-state index contributed by atoms with van der Waals surface area (Å²) in [6.45, 7) is 4.25. The molecule has 1 aromatic carbocycles. The molecule has 0 heterocycles. The summed E-state index contributed by atoms with van der Waals surface area (Å²) in [5, 5.41) is 15.9. The average molecular weight is 301 g/mol. The van der Waals surface area contributed by atoms with E-state index in [1.165, 1.54) is 0 Å². The predicted molar refractivity (Wildman–Crippen MR) is 72.6 cm³/mol. The molecule has 0 radical (unpaired) electrons. The molecule has 0 aliphatic rings. The van der Waals surface area contributed by atoms with E-state index in [0.717, 1.165) is 6.07 Å². The molecule has 0 spiro atoms. The maximum atomic E-state index is 13.5. The molecule has 21 heavy (non-hydrogen) atoms. The Hall–Kier alpha value is -2.09. The summed E-state index contributed by atoms with van der Waals surface area (Å²) in [5.41, 5.74) is -0.864. The van der Waals surface area contributed by atoms with Crippen molar-refractivity contribution in [2.45, 2.75) is 20.4 Å². The smallest absolute Gasteiger partial charge is 0.305 e. The Morgan fingerprint density at radius 1 is 1.33 bits per heavy atom. The number of nitrogens with one attached hydrogen (secondary N) is 2. The molecule has 8 heteroatoms. The Morgan fingerprint density at radius 2 is 2.00 bits per heavy atom. The van der Waals surface area contributed by atoms with Crippen molar-refractivity contribution in [1.82, 2.24) is 10.6 Å². The number of nitrogens with zero attached hydrogens (tertiary/aromatic N) is 1. The van der Waals surface area contributed by atoms with Crippen molar-refractivity contribution in [3.63, 3.8) is 0 Å². The van der Waals surface area contributed by atoms with Crippen molar-refractivity contribution in [3.8, 4) is 0 Å². The van der Waals surface area contributed by atoms with Crippen molar-refractivity contribution in [3.05, 3.63) is 39.4 Å². The van der Waals surface area contributed by atoms with Crippen LogP contribution in [-0.2, 0) is 11.3 Å². The Bertz CT molecular complexity index is 536. The third-order valence-electron chi connectivity index (χ3n) is 2.62. The number of hydrogen-bond acceptors (Lipinski definition) is 4. The van der Waals surface area contributed by atoms with Crippen molar-refractivity contribution in [1.29, 1.82) is 0 Å². The first kappa shape index (κ1) is 17.0. The number of carbonyl (C=O) groups is 1. The molecule has 0 atom stereocenters. The summed E-state index contributed by atoms with van der Waals surface area (Å²) in [5.74, 6) is -2.07. The lowest BCUT2D eigenvalue weighted by Gasteiger charge is -2.09. The number of amides is 1. The van der Waals surface area contributed by atoms with Gasteiger partial charge in [0.05, 0.1) is 11.5 Å². The van der Waals surface area contributed by atoms with Crippen LogP contribution in [0.1, 0.15) is 19.4 Å². The van der Waals surface area contributed by atoms with Crippen LogP contribution in [0.5, 0.6) is 0 Å². The molecule has 6 nitrogen and oxygen atoms in total. The van der Waals surface area contributed by atoms with Gasteiger partial charge in [-0.05, 0) is 5.92 Å². The highest BCUT2D eigenvalue weighted by atomic mass is 19.1. The van der Waals surface area contributed by atoms with Crippen LogP contribution >= 0.6 is 0 Å². The Labute approximate surface area is 120 Å². The zero-order valence-corrected chi connectivity index (χ0v) is 11.8. The summed E-state index contributed by atoms with van der Waals surface area (Å²) >= 11 is 0. The van der Waals surface area contributed by atoms with Crippen LogP contribution in [0.3, 0.4) is 0 Å². The summed E-state index contributed by atoms with van der Waals surface area (Å²) in [6, 6.07) is 1.29. The lowest BCUT2D eigenvalue weighted by Crippen LogP contribution is -2.35. The van der Waals surface area contributed by atoms with Crippen molar-refractivity contribution in [2.24, 2.45) is 5.92 Å². The van der Waals surface area contributed by atoms with Gasteiger partial charge in [-0.15, -0.1) is 0 Å². The van der Waals surface area contributed by atoms with Gasteiger partial charge in [0.15, 0.2) is 0 Å². The van der Waals surface area contributed by atoms with Crippen molar-refractivity contribution >= 4 is 11.6 Å². The number of nitro groups is 1. The van der Waals surface area contributed by atoms with Crippen LogP contribution < -0.4 is 10.6 Å². The summed E-state index contributed by atoms with van der Waals surface area (Å²) in [6.07, 6.45) is 0. The Kier molecular flexibility index (Phi) is 6.16. The van der Waals surface area contributed by atoms with Crippen molar-refractivity contribution < 1.29 is 18.5 Å². The molecular formula is C13H17F2N3O3. The quantitative estimate of drug-likeness (QED) is 0.593. The molecule has 0 aliphatic heterocycles. The number of carbonyl (C=O) groups excluding carboxylic acids is 1. The minimum absolute atomic E-state index is 0.0582. The normalized spacial score (nSPS) is 10.7. The van der Waals surface area contributed by atoms with Gasteiger partial charge in [-0.2, -0.15) is 4.39 Å². The molecule has 1 aromatic rings. The standard InChI is InChI=1S/C13H17F2N3O3/c1-8(2)5-17-13(19)7-16-6-9-3-12(18(20)21)11(15)4-10(9)14/h3-4,8,16H,5-7H2,1-2H3,(H,17,19). The van der Waals surface area contributed by atoms with Crippen LogP contribution in [-0.4, -0.2) is 23.9 Å². The Balaban J connectivity index is 2.58. The monoisotopic (exact) mass is 301 g/mol. The van der Waals surface area contributed by atoms with Gasteiger partial charge in [-0.25, -0.2) is 4.39 Å². The lowest BCUT2D eigenvalue weighted by atomic mass is 10.1. The van der Waals surface area contributed by atoms with E-state index in [-0.39, 0.29) is 24.6 Å². The second-order valence-corrected chi connectivity index (χ2v) is 4.95. The van der Waals surface area contributed by atoms with Crippen LogP contribution in [0.2, 0.25) is 0 Å². The van der Waals surface area contributed by atoms with Gasteiger partial charge in [0.2, 0.25) is 11.7 Å². The fourth-order valence-electron chi connectivity index (χ4n) is 1.55. The SMILES string of the molecule is CC(C)CNC(=O)CNCc1cc([N+](=O)[O-])c(F)cc1F. The number of nitro benzene ring substituents is 1. The van der Waals surface area contributed by atoms with Gasteiger partial charge in [0, 0.05) is 30.8 Å². The number of halogens is 2. The van der Waals surface area contributed by atoms with E-state index in [9.17, 15) is 23.7 Å². The molecule has 0 saturated heterocycles. The molecule has 2 N–H and O–H groups in total. The van der Waals surface area contributed by atoms with Gasteiger partial charge in [0.1, 0.15) is 5.82 Å². The molecule has 116 valence electrons. The van der Waals surface area contributed by atoms with E-state index in [1.54, 1.807) is 0 Å². The zero-order chi connectivity index (χ0) is 16.0. The van der Waals surface area contributed by atoms with Gasteiger partial charge < -0.3 is 10.6 Å². The second-order valence-electron chi connectivity index (χ2n) is 4.95. The summed E-state index contributed by atoms with van der Waals surface area (Å²) < 4.78 is 26.6. The van der Waals surface area contributed by atoms with E-state index < -0.39 is 22.2 Å². The number of benzene rings is 1. The van der Waals surface area contributed by atoms with Crippen LogP contribution in [0.25, 0.3) is 0 Å². The van der Waals surface area contributed by atoms with Crippen LogP contribution in [0, 0.1) is 27.7 Å². The van der Waals surface area contributed by atoms with Gasteiger partial charge in [0.25, 0.3) is 0 Å². The third-order valence-corrected chi connectivity index (χ3v) is 2.62. The van der Waals surface area contributed by atoms with Crippen LogP contribution in [0.4, 0.5) is 14.5 Å². The fourth-order valence-corrected chi connectivity index (χ4v) is 1.55. The molecule has 0 bridgehead atoms. The lowest BCUT2D eigenvalue weighted by molar-refractivity contribution is -0.387. The topological polar surface area (TPSA) is 84.3 Å². The minimum atomic E-state index is -1.23. The summed E-state index contributed by atoms with van der Waals surface area (Å²) in [4.78, 5) is 21.1. The number of rotatable bonds is 7. The average Bonchev–Trinajstić information content (AvgIpc) is 2.38. The second kappa shape index (κ2) is 7.63. The first-order valence-corrected chi connectivity index (χ1v) is 6.41. The van der Waals surface area contributed by atoms with Gasteiger partial charge >= 0.3 is 5.69 Å². The molecule has 1 amide bonds. The third kappa shape index (κ3) is 5.42. The highest BCUT2D eigenvalue weighted by molar-refractivity contribution is 5.77. The van der Waals surface area contributed by atoms with E-state index in [2.05, 4.69) is 10.6 Å². The molecule has 1 rings (SSSR count). The van der Waals surface area contributed by atoms with E-state index >= 15 is 0 Å². The van der Waals surface area contributed by atoms with Crippen molar-refractivity contribution in [2.75, 3.05) is 13.1 Å². The fraction of sp³-hybridized carbons (Fsp3) is 0.462. The first-order valence-electron chi connectivity index (χ1n) is 6.41. The molecule has 0 saturated carbocycles.